The predicted octanol–water partition coefficient (Wildman–Crippen LogP) is 3.02. The van der Waals surface area contributed by atoms with Gasteiger partial charge in [0.1, 0.15) is 23.5 Å². The number of carbonyl (C=O) groups excluding carboxylic acids is 2. The number of piperidine rings is 1. The zero-order valence-corrected chi connectivity index (χ0v) is 20.8. The van der Waals surface area contributed by atoms with Gasteiger partial charge < -0.3 is 15.2 Å². The predicted molar refractivity (Wildman–Crippen MR) is 129 cm³/mol. The molecule has 1 aromatic heterocycles. The Morgan fingerprint density at radius 2 is 2.11 bits per heavy atom. The van der Waals surface area contributed by atoms with Gasteiger partial charge in [-0.15, -0.1) is 0 Å². The van der Waals surface area contributed by atoms with Crippen molar-refractivity contribution in [2.45, 2.75) is 76.7 Å². The lowest BCUT2D eigenvalue weighted by atomic mass is 9.97. The van der Waals surface area contributed by atoms with E-state index in [1.807, 2.05) is 0 Å². The molecule has 0 spiro atoms. The van der Waals surface area contributed by atoms with E-state index in [1.54, 1.807) is 50.0 Å². The summed E-state index contributed by atoms with van der Waals surface area (Å²) in [6.07, 6.45) is 5.18. The number of benzene rings is 1. The molecule has 1 aliphatic carbocycles. The van der Waals surface area contributed by atoms with Crippen LogP contribution in [0.3, 0.4) is 0 Å². The van der Waals surface area contributed by atoms with Crippen LogP contribution in [0.1, 0.15) is 45.6 Å². The summed E-state index contributed by atoms with van der Waals surface area (Å²) >= 11 is 0. The number of aliphatic hydroxyl groups is 1. The van der Waals surface area contributed by atoms with E-state index < -0.39 is 35.5 Å². The summed E-state index contributed by atoms with van der Waals surface area (Å²) in [6.45, 7) is 5.63. The SMILES string of the molecule is CC(C)(C)OC(=O)N1[C@@H]2CCC(C2)[C@H]1C(=O)NC(C#N)Cc1ccc(-c2cnn(CCO)c2)cc1F. The topological polar surface area (TPSA) is 120 Å². The zero-order chi connectivity index (χ0) is 26.0. The van der Waals surface area contributed by atoms with E-state index in [4.69, 9.17) is 9.84 Å². The number of likely N-dealkylation sites (tertiary alicyclic amines) is 1. The highest BCUT2D eigenvalue weighted by Gasteiger charge is 2.52. The Bertz CT molecular complexity index is 1170. The Morgan fingerprint density at radius 3 is 2.78 bits per heavy atom. The molecule has 4 rings (SSSR count). The van der Waals surface area contributed by atoms with Crippen molar-refractivity contribution in [3.8, 4) is 17.2 Å². The number of rotatable bonds is 7. The molecule has 10 heteroatoms. The minimum atomic E-state index is -0.954. The van der Waals surface area contributed by atoms with Crippen LogP contribution in [-0.4, -0.2) is 62.1 Å². The lowest BCUT2D eigenvalue weighted by Crippen LogP contribution is -2.55. The second-order valence-corrected chi connectivity index (χ2v) is 10.5. The third-order valence-corrected chi connectivity index (χ3v) is 6.70. The van der Waals surface area contributed by atoms with E-state index in [2.05, 4.69) is 16.5 Å². The van der Waals surface area contributed by atoms with Crippen molar-refractivity contribution in [3.63, 3.8) is 0 Å². The second kappa shape index (κ2) is 10.3. The summed E-state index contributed by atoms with van der Waals surface area (Å²) in [5.41, 5.74) is 0.937. The number of nitrogens with zero attached hydrogens (tertiary/aromatic N) is 4. The molecule has 192 valence electrons. The Hall–Kier alpha value is -3.45. The smallest absolute Gasteiger partial charge is 0.411 e. The third-order valence-electron chi connectivity index (χ3n) is 6.70. The van der Waals surface area contributed by atoms with Gasteiger partial charge in [-0.3, -0.25) is 14.4 Å². The fraction of sp³-hybridized carbons (Fsp3) is 0.538. The highest BCUT2D eigenvalue weighted by molar-refractivity contribution is 5.87. The molecule has 1 saturated heterocycles. The Kier molecular flexibility index (Phi) is 7.31. The van der Waals surface area contributed by atoms with Gasteiger partial charge in [0.05, 0.1) is 25.4 Å². The number of fused-ring (bicyclic) bond motifs is 2. The van der Waals surface area contributed by atoms with Gasteiger partial charge >= 0.3 is 6.09 Å². The average Bonchev–Trinajstić information content (AvgIpc) is 3.55. The monoisotopic (exact) mass is 497 g/mol. The summed E-state index contributed by atoms with van der Waals surface area (Å²) in [7, 11) is 0. The molecular formula is C26H32FN5O4. The van der Waals surface area contributed by atoms with Gasteiger partial charge in [0.15, 0.2) is 0 Å². The lowest BCUT2D eigenvalue weighted by Gasteiger charge is -2.35. The molecule has 2 aromatic rings. The summed E-state index contributed by atoms with van der Waals surface area (Å²) in [6, 6.07) is 5.04. The number of hydrogen-bond donors (Lipinski definition) is 2. The maximum absolute atomic E-state index is 14.9. The summed E-state index contributed by atoms with van der Waals surface area (Å²) in [5, 5.41) is 25.6. The van der Waals surface area contributed by atoms with Gasteiger partial charge in [0, 0.05) is 24.2 Å². The number of aliphatic hydroxyl groups excluding tert-OH is 1. The van der Waals surface area contributed by atoms with Gasteiger partial charge in [0.25, 0.3) is 0 Å². The van der Waals surface area contributed by atoms with Crippen LogP contribution in [0.25, 0.3) is 11.1 Å². The van der Waals surface area contributed by atoms with Gasteiger partial charge in [-0.2, -0.15) is 10.4 Å². The summed E-state index contributed by atoms with van der Waals surface area (Å²) in [5.74, 6) is -0.884. The normalized spacial score (nSPS) is 21.8. The molecule has 2 bridgehead atoms. The first kappa shape index (κ1) is 25.6. The van der Waals surface area contributed by atoms with Crippen LogP contribution in [0.2, 0.25) is 0 Å². The molecule has 1 aromatic carbocycles. The number of nitriles is 1. The van der Waals surface area contributed by atoms with E-state index in [-0.39, 0.29) is 25.0 Å². The Morgan fingerprint density at radius 1 is 1.33 bits per heavy atom. The molecular weight excluding hydrogens is 465 g/mol. The van der Waals surface area contributed by atoms with Gasteiger partial charge in [0.2, 0.25) is 5.91 Å². The van der Waals surface area contributed by atoms with Crippen LogP contribution in [0.4, 0.5) is 9.18 Å². The maximum atomic E-state index is 14.9. The first-order valence-corrected chi connectivity index (χ1v) is 12.2. The second-order valence-electron chi connectivity index (χ2n) is 10.5. The summed E-state index contributed by atoms with van der Waals surface area (Å²) < 4.78 is 22.0. The number of ether oxygens (including phenoxy) is 1. The standard InChI is InChI=1S/C26H32FN5O4/c1-26(2,3)36-25(35)32-21-7-6-18(11-21)23(32)24(34)30-20(13-28)10-17-5-4-16(12-22(17)27)19-14-29-31(15-19)8-9-33/h4-5,12,14-15,18,20-21,23,33H,6-11H2,1-3H3,(H,30,34)/t18?,20?,21-,23+/m1/s1. The van der Waals surface area contributed by atoms with Crippen LogP contribution in [0.5, 0.6) is 0 Å². The van der Waals surface area contributed by atoms with Crippen molar-refractivity contribution >= 4 is 12.0 Å². The van der Waals surface area contributed by atoms with E-state index in [9.17, 15) is 19.2 Å². The van der Waals surface area contributed by atoms with E-state index in [0.717, 1.165) is 19.3 Å². The fourth-order valence-corrected chi connectivity index (χ4v) is 5.14. The average molecular weight is 498 g/mol. The highest BCUT2D eigenvalue weighted by Crippen LogP contribution is 2.43. The maximum Gasteiger partial charge on any atom is 0.411 e. The number of carbonyl (C=O) groups is 2. The van der Waals surface area contributed by atoms with Crippen molar-refractivity contribution in [1.82, 2.24) is 20.0 Å². The van der Waals surface area contributed by atoms with Crippen LogP contribution < -0.4 is 5.32 Å². The van der Waals surface area contributed by atoms with Crippen LogP contribution in [0.15, 0.2) is 30.6 Å². The molecule has 2 aliphatic rings. The van der Waals surface area contributed by atoms with Crippen molar-refractivity contribution in [1.29, 1.82) is 5.26 Å². The van der Waals surface area contributed by atoms with Gasteiger partial charge in [-0.25, -0.2) is 9.18 Å². The Labute approximate surface area is 209 Å². The van der Waals surface area contributed by atoms with Gasteiger partial charge in [-0.1, -0.05) is 12.1 Å². The molecule has 1 saturated carbocycles. The lowest BCUT2D eigenvalue weighted by molar-refractivity contribution is -0.128. The zero-order valence-electron chi connectivity index (χ0n) is 20.8. The third kappa shape index (κ3) is 5.51. The molecule has 36 heavy (non-hydrogen) atoms. The van der Waals surface area contributed by atoms with Crippen LogP contribution in [0, 0.1) is 23.1 Å². The molecule has 2 amide bonds. The molecule has 4 atom stereocenters. The van der Waals surface area contributed by atoms with Crippen molar-refractivity contribution in [3.05, 3.63) is 42.0 Å². The van der Waals surface area contributed by atoms with Gasteiger partial charge in [-0.05, 0) is 63.1 Å². The molecule has 2 heterocycles. The largest absolute Gasteiger partial charge is 0.444 e. The number of aromatic nitrogens is 2. The Balaban J connectivity index is 1.44. The van der Waals surface area contributed by atoms with E-state index >= 15 is 0 Å². The molecule has 2 N–H and O–H groups in total. The first-order valence-electron chi connectivity index (χ1n) is 12.2. The molecule has 2 unspecified atom stereocenters. The molecule has 0 radical (unpaired) electrons. The summed E-state index contributed by atoms with van der Waals surface area (Å²) in [4.78, 5) is 27.6. The number of nitrogens with one attached hydrogen (secondary N) is 1. The quantitative estimate of drug-likeness (QED) is 0.607. The molecule has 1 aliphatic heterocycles. The minimum Gasteiger partial charge on any atom is -0.444 e. The van der Waals surface area contributed by atoms with Crippen molar-refractivity contribution < 1.29 is 23.8 Å². The number of hydrogen-bond acceptors (Lipinski definition) is 6. The van der Waals surface area contributed by atoms with Crippen molar-refractivity contribution in [2.24, 2.45) is 5.92 Å². The van der Waals surface area contributed by atoms with Crippen LogP contribution >= 0.6 is 0 Å². The first-order chi connectivity index (χ1) is 17.1. The number of halogens is 1. The molecule has 2 fully saturated rings. The van der Waals surface area contributed by atoms with E-state index in [1.165, 1.54) is 11.0 Å². The molecule has 9 nitrogen and oxygen atoms in total. The fourth-order valence-electron chi connectivity index (χ4n) is 5.14. The number of amides is 2. The minimum absolute atomic E-state index is 0.00855. The van der Waals surface area contributed by atoms with Crippen LogP contribution in [-0.2, 0) is 22.5 Å². The van der Waals surface area contributed by atoms with E-state index in [0.29, 0.717) is 23.2 Å². The highest BCUT2D eigenvalue weighted by atomic mass is 19.1. The van der Waals surface area contributed by atoms with Crippen molar-refractivity contribution in [2.75, 3.05) is 6.61 Å².